The van der Waals surface area contributed by atoms with Gasteiger partial charge in [-0.05, 0) is 99.3 Å². The number of nitrogens with zero attached hydrogens (tertiary/aromatic N) is 7. The second kappa shape index (κ2) is 15.4. The molecule has 330 valence electrons. The Morgan fingerprint density at radius 3 is 2.49 bits per heavy atom. The molecule has 3 N–H and O–H groups in total. The van der Waals surface area contributed by atoms with E-state index in [1.165, 1.54) is 23.0 Å². The van der Waals surface area contributed by atoms with Gasteiger partial charge in [0.1, 0.15) is 5.02 Å². The van der Waals surface area contributed by atoms with Crippen LogP contribution in [0.4, 0.5) is 31.9 Å². The standard InChI is InChI=1S/C46H51ClF2N10O4/c1-56-35-12-8-27(20-33(35)38-40(44(56)62)63-23-46(48,49)41(53-38)25-6-7-25)51-42-34(47)21-50-45(54-42)58-16-14-24(15-17-58)22-59-28-9-10-29(59)19-26(18-28)30-4-3-5-31-37(55-57(2)39(30)31)32-11-13-36(60)52-43(32)61/h3-5,8,12,20-21,24-26,28-29,32,41,53H,6-7,9-11,13-19,22-23H2,1-2H3,(H,50,51,54)(H,52,60,61)/t26?,28-,29+,32?,41?. The Hall–Kier alpha value is -5.35. The smallest absolute Gasteiger partial charge is 0.301 e. The predicted molar refractivity (Wildman–Crippen MR) is 236 cm³/mol. The number of imide groups is 1. The third kappa shape index (κ3) is 7.17. The number of fused-ring (bicyclic) bond motifs is 6. The SMILES string of the molecule is Cn1nc(C2CCC(=O)NC2=O)c2cccc(C3C[C@H]4CC[C@@H](C3)N4CC3CCN(c4ncc(Cl)c(Nc5ccc6c(c5)c5c(c(=O)n6C)OCC(F)(F)C(C6CC6)N5)n4)CC3)c21. The number of amides is 2. The van der Waals surface area contributed by atoms with Crippen molar-refractivity contribution in [1.82, 2.24) is 34.5 Å². The molecule has 6 aliphatic rings. The van der Waals surface area contributed by atoms with Crippen molar-refractivity contribution in [3.05, 3.63) is 69.2 Å². The highest BCUT2D eigenvalue weighted by molar-refractivity contribution is 6.33. The van der Waals surface area contributed by atoms with E-state index in [4.69, 9.17) is 26.4 Å². The van der Waals surface area contributed by atoms with Crippen molar-refractivity contribution in [2.45, 2.75) is 100 Å². The van der Waals surface area contributed by atoms with Crippen molar-refractivity contribution in [2.24, 2.45) is 25.9 Å². The summed E-state index contributed by atoms with van der Waals surface area (Å²) in [6.45, 7) is 1.87. The number of nitrogens with one attached hydrogen (secondary N) is 3. The van der Waals surface area contributed by atoms with Gasteiger partial charge < -0.3 is 24.8 Å². The number of hydrogen-bond acceptors (Lipinski definition) is 11. The molecule has 5 fully saturated rings. The van der Waals surface area contributed by atoms with E-state index in [9.17, 15) is 14.4 Å². The number of alkyl halides is 2. The molecule has 0 spiro atoms. The second-order valence-electron chi connectivity index (χ2n) is 18.7. The first kappa shape index (κ1) is 40.4. The molecule has 5 aliphatic heterocycles. The highest BCUT2D eigenvalue weighted by Crippen LogP contribution is 2.48. The van der Waals surface area contributed by atoms with Gasteiger partial charge in [-0.2, -0.15) is 10.1 Å². The van der Waals surface area contributed by atoms with E-state index in [1.54, 1.807) is 19.3 Å². The van der Waals surface area contributed by atoms with Crippen LogP contribution in [0.1, 0.15) is 87.3 Å². The molecule has 4 saturated heterocycles. The minimum Gasteiger partial charge on any atom is -0.480 e. The number of rotatable bonds is 8. The van der Waals surface area contributed by atoms with Crippen LogP contribution in [0.5, 0.6) is 5.75 Å². The zero-order valence-corrected chi connectivity index (χ0v) is 36.1. The number of carbonyl (C=O) groups is 2. The molecule has 1 saturated carbocycles. The van der Waals surface area contributed by atoms with Crippen LogP contribution in [0.3, 0.4) is 0 Å². The molecule has 17 heteroatoms. The van der Waals surface area contributed by atoms with E-state index in [0.29, 0.717) is 83.0 Å². The molecule has 3 aromatic heterocycles. The molecule has 11 rings (SSSR count). The Labute approximate surface area is 367 Å². The van der Waals surface area contributed by atoms with E-state index >= 15 is 8.78 Å². The number of halogens is 3. The molecule has 1 aliphatic carbocycles. The number of ether oxygens (including phenoxy) is 1. The molecule has 0 radical (unpaired) electrons. The lowest BCUT2D eigenvalue weighted by Gasteiger charge is -2.42. The third-order valence-electron chi connectivity index (χ3n) is 14.8. The summed E-state index contributed by atoms with van der Waals surface area (Å²) in [6, 6.07) is 11.8. The summed E-state index contributed by atoms with van der Waals surface area (Å²) in [6.07, 6.45) is 10.5. The maximum atomic E-state index is 15.2. The maximum absolute atomic E-state index is 15.2. The Morgan fingerprint density at radius 1 is 0.968 bits per heavy atom. The number of piperidine rings is 3. The Balaban J connectivity index is 0.754. The fourth-order valence-electron chi connectivity index (χ4n) is 11.4. The molecule has 2 bridgehead atoms. The Kier molecular flexibility index (Phi) is 9.90. The van der Waals surface area contributed by atoms with Crippen LogP contribution in [-0.2, 0) is 23.7 Å². The second-order valence-corrected chi connectivity index (χ2v) is 19.1. The zero-order valence-electron chi connectivity index (χ0n) is 35.4. The zero-order chi connectivity index (χ0) is 43.3. The first-order valence-corrected chi connectivity index (χ1v) is 22.8. The highest BCUT2D eigenvalue weighted by Gasteiger charge is 2.51. The van der Waals surface area contributed by atoms with Crippen LogP contribution >= 0.6 is 11.6 Å². The van der Waals surface area contributed by atoms with Crippen molar-refractivity contribution in [3.8, 4) is 5.75 Å². The monoisotopic (exact) mass is 880 g/mol. The van der Waals surface area contributed by atoms with Crippen LogP contribution in [0.25, 0.3) is 21.8 Å². The number of pyridine rings is 1. The normalized spacial score (nSPS) is 26.3. The lowest BCUT2D eigenvalue weighted by molar-refractivity contribution is -0.134. The summed E-state index contributed by atoms with van der Waals surface area (Å²) < 4.78 is 39.3. The fraction of sp³-hybridized carbons (Fsp3) is 0.522. The van der Waals surface area contributed by atoms with Crippen LogP contribution in [-0.4, -0.2) is 91.3 Å². The van der Waals surface area contributed by atoms with E-state index in [2.05, 4.69) is 48.9 Å². The van der Waals surface area contributed by atoms with E-state index < -0.39 is 30.0 Å². The van der Waals surface area contributed by atoms with E-state index in [0.717, 1.165) is 61.9 Å². The minimum atomic E-state index is -3.13. The van der Waals surface area contributed by atoms with Gasteiger partial charge in [0.05, 0.1) is 40.6 Å². The van der Waals surface area contributed by atoms with Gasteiger partial charge in [0.2, 0.25) is 23.5 Å². The van der Waals surface area contributed by atoms with Crippen LogP contribution in [0, 0.1) is 11.8 Å². The van der Waals surface area contributed by atoms with Crippen molar-refractivity contribution in [1.29, 1.82) is 0 Å². The van der Waals surface area contributed by atoms with E-state index in [-0.39, 0.29) is 29.2 Å². The Bertz CT molecular complexity index is 2720. The molecule has 2 aromatic carbocycles. The predicted octanol–water partition coefficient (Wildman–Crippen LogP) is 6.98. The third-order valence-corrected chi connectivity index (χ3v) is 15.1. The average Bonchev–Trinajstić information content (AvgIpc) is 4.04. The largest absolute Gasteiger partial charge is 0.480 e. The molecular formula is C46H51ClF2N10O4. The average molecular weight is 881 g/mol. The van der Waals surface area contributed by atoms with Gasteiger partial charge in [0.15, 0.2) is 12.4 Å². The van der Waals surface area contributed by atoms with Crippen molar-refractivity contribution in [3.63, 3.8) is 0 Å². The molecule has 2 amide bonds. The van der Waals surface area contributed by atoms with E-state index in [1.807, 2.05) is 23.9 Å². The van der Waals surface area contributed by atoms with Gasteiger partial charge in [-0.3, -0.25) is 29.3 Å². The Morgan fingerprint density at radius 2 is 1.75 bits per heavy atom. The quantitative estimate of drug-likeness (QED) is 0.139. The van der Waals surface area contributed by atoms with Crippen LogP contribution in [0.2, 0.25) is 5.02 Å². The van der Waals surface area contributed by atoms with Gasteiger partial charge >= 0.3 is 5.92 Å². The van der Waals surface area contributed by atoms with Crippen LogP contribution in [0.15, 0.2) is 47.4 Å². The number of hydrogen-bond donors (Lipinski definition) is 3. The topological polar surface area (TPSA) is 152 Å². The van der Waals surface area contributed by atoms with Gasteiger partial charge in [-0.1, -0.05) is 29.8 Å². The first-order chi connectivity index (χ1) is 30.4. The molecule has 8 heterocycles. The van der Waals surface area contributed by atoms with Crippen molar-refractivity contribution < 1.29 is 23.1 Å². The lowest BCUT2D eigenvalue weighted by Crippen LogP contribution is -2.47. The van der Waals surface area contributed by atoms with Crippen LogP contribution < -0.4 is 31.1 Å². The van der Waals surface area contributed by atoms with Gasteiger partial charge in [0, 0.05) is 68.7 Å². The number of para-hydroxylation sites is 1. The van der Waals surface area contributed by atoms with Crippen molar-refractivity contribution >= 4 is 68.4 Å². The molecule has 5 atom stereocenters. The summed E-state index contributed by atoms with van der Waals surface area (Å²) in [5, 5.41) is 15.7. The summed E-state index contributed by atoms with van der Waals surface area (Å²) in [5.74, 6) is -2.31. The lowest BCUT2D eigenvalue weighted by atomic mass is 9.82. The summed E-state index contributed by atoms with van der Waals surface area (Å²) >= 11 is 6.67. The first-order valence-electron chi connectivity index (χ1n) is 22.4. The summed E-state index contributed by atoms with van der Waals surface area (Å²) in [4.78, 5) is 52.4. The summed E-state index contributed by atoms with van der Waals surface area (Å²) in [5.41, 5.74) is 4.20. The van der Waals surface area contributed by atoms with Crippen molar-refractivity contribution in [2.75, 3.05) is 41.8 Å². The number of benzene rings is 2. The number of aryl methyl sites for hydroxylation is 2. The van der Waals surface area contributed by atoms with Gasteiger partial charge in [-0.15, -0.1) is 0 Å². The number of anilines is 4. The van der Waals surface area contributed by atoms with Gasteiger partial charge in [-0.25, -0.2) is 13.8 Å². The molecule has 5 aromatic rings. The maximum Gasteiger partial charge on any atom is 0.301 e. The molecule has 14 nitrogen and oxygen atoms in total. The summed E-state index contributed by atoms with van der Waals surface area (Å²) in [7, 11) is 3.58. The highest BCUT2D eigenvalue weighted by atomic mass is 35.5. The molecule has 3 unspecified atom stereocenters. The molecule has 63 heavy (non-hydrogen) atoms. The number of carbonyl (C=O) groups excluding carboxylic acids is 2. The van der Waals surface area contributed by atoms with Gasteiger partial charge in [0.25, 0.3) is 5.56 Å². The molecular weight excluding hydrogens is 830 g/mol. The minimum absolute atomic E-state index is 0.102. The number of aromatic nitrogens is 5. The fourth-order valence-corrected chi connectivity index (χ4v) is 11.5.